The summed E-state index contributed by atoms with van der Waals surface area (Å²) in [4.78, 5) is 12.4. The average molecular weight is 381 g/mol. The summed E-state index contributed by atoms with van der Waals surface area (Å²) >= 11 is 5.67. The summed E-state index contributed by atoms with van der Waals surface area (Å²) < 4.78 is 18.9. The second kappa shape index (κ2) is 9.21. The van der Waals surface area contributed by atoms with Crippen molar-refractivity contribution in [2.24, 2.45) is 23.7 Å². The predicted molar refractivity (Wildman–Crippen MR) is 103 cm³/mol. The third kappa shape index (κ3) is 5.00. The summed E-state index contributed by atoms with van der Waals surface area (Å²) in [5.41, 5.74) is 0. The highest BCUT2D eigenvalue weighted by atomic mass is 35.5. The first-order valence-corrected chi connectivity index (χ1v) is 10.6. The summed E-state index contributed by atoms with van der Waals surface area (Å²) in [6.07, 6.45) is 12.3. The molecule has 0 radical (unpaired) electrons. The van der Waals surface area contributed by atoms with Crippen LogP contribution < -0.4 is 4.74 Å². The molecule has 2 aliphatic rings. The Kier molecular flexibility index (Phi) is 6.97. The van der Waals surface area contributed by atoms with E-state index in [1.54, 1.807) is 6.07 Å². The summed E-state index contributed by atoms with van der Waals surface area (Å²) in [6.45, 7) is 2.28. The van der Waals surface area contributed by atoms with Gasteiger partial charge in [-0.25, -0.2) is 4.39 Å². The standard InChI is InChI=1S/C22H30ClFO2/c1-2-3-15-4-6-16(7-5-15)17-8-10-18(11-9-17)22(25)26-19-12-13-20(23)21(24)14-19/h12-18H,2-11H2,1H3/t15-,16-,17?,18?. The fourth-order valence-electron chi connectivity index (χ4n) is 4.92. The minimum atomic E-state index is -0.556. The zero-order valence-electron chi connectivity index (χ0n) is 15.7. The fraction of sp³-hybridized carbons (Fsp3) is 0.682. The topological polar surface area (TPSA) is 26.3 Å². The maximum atomic E-state index is 13.5. The third-order valence-electron chi connectivity index (χ3n) is 6.47. The van der Waals surface area contributed by atoms with E-state index in [2.05, 4.69) is 6.92 Å². The van der Waals surface area contributed by atoms with Crippen LogP contribution in [0.5, 0.6) is 5.75 Å². The second-order valence-electron chi connectivity index (χ2n) is 8.18. The number of rotatable bonds is 5. The molecule has 1 aromatic carbocycles. The Hall–Kier alpha value is -1.09. The van der Waals surface area contributed by atoms with Crippen molar-refractivity contribution in [1.29, 1.82) is 0 Å². The molecule has 0 atom stereocenters. The van der Waals surface area contributed by atoms with E-state index in [1.165, 1.54) is 50.7 Å². The Bertz CT molecular complexity index is 602. The molecule has 3 rings (SSSR count). The number of carbonyl (C=O) groups is 1. The lowest BCUT2D eigenvalue weighted by molar-refractivity contribution is -0.140. The van der Waals surface area contributed by atoms with Crippen LogP contribution in [-0.4, -0.2) is 5.97 Å². The summed E-state index contributed by atoms with van der Waals surface area (Å²) in [6, 6.07) is 4.15. The smallest absolute Gasteiger partial charge is 0.314 e. The van der Waals surface area contributed by atoms with Gasteiger partial charge in [0.15, 0.2) is 0 Å². The van der Waals surface area contributed by atoms with Gasteiger partial charge in [-0.3, -0.25) is 4.79 Å². The van der Waals surface area contributed by atoms with Gasteiger partial charge in [-0.05, 0) is 68.4 Å². The molecule has 0 heterocycles. The normalized spacial score (nSPS) is 29.3. The van der Waals surface area contributed by atoms with Gasteiger partial charge in [-0.1, -0.05) is 44.2 Å². The van der Waals surface area contributed by atoms with Crippen molar-refractivity contribution in [3.05, 3.63) is 29.0 Å². The van der Waals surface area contributed by atoms with Crippen LogP contribution in [0.3, 0.4) is 0 Å². The molecule has 0 amide bonds. The van der Waals surface area contributed by atoms with Crippen molar-refractivity contribution in [3.63, 3.8) is 0 Å². The summed E-state index contributed by atoms with van der Waals surface area (Å²) in [7, 11) is 0. The van der Waals surface area contributed by atoms with Crippen LogP contribution in [0, 0.1) is 29.5 Å². The van der Waals surface area contributed by atoms with Gasteiger partial charge in [0.1, 0.15) is 11.6 Å². The van der Waals surface area contributed by atoms with Crippen molar-refractivity contribution >= 4 is 17.6 Å². The summed E-state index contributed by atoms with van der Waals surface area (Å²) in [5.74, 6) is 1.98. The quantitative estimate of drug-likeness (QED) is 0.414. The van der Waals surface area contributed by atoms with Crippen molar-refractivity contribution in [2.75, 3.05) is 0 Å². The zero-order valence-corrected chi connectivity index (χ0v) is 16.4. The first-order valence-electron chi connectivity index (χ1n) is 10.2. The predicted octanol–water partition coefficient (Wildman–Crippen LogP) is 6.80. The Morgan fingerprint density at radius 2 is 1.69 bits per heavy atom. The highest BCUT2D eigenvalue weighted by molar-refractivity contribution is 6.30. The molecule has 2 saturated carbocycles. The molecular formula is C22H30ClFO2. The van der Waals surface area contributed by atoms with E-state index in [-0.39, 0.29) is 22.7 Å². The number of hydrogen-bond donors (Lipinski definition) is 0. The van der Waals surface area contributed by atoms with Crippen LogP contribution in [0.15, 0.2) is 18.2 Å². The molecule has 26 heavy (non-hydrogen) atoms. The Morgan fingerprint density at radius 1 is 1.08 bits per heavy atom. The van der Waals surface area contributed by atoms with Crippen LogP contribution in [0.1, 0.15) is 71.1 Å². The highest BCUT2D eigenvalue weighted by Crippen LogP contribution is 2.42. The van der Waals surface area contributed by atoms with Crippen LogP contribution in [0.25, 0.3) is 0 Å². The maximum absolute atomic E-state index is 13.5. The molecule has 0 bridgehead atoms. The molecule has 0 N–H and O–H groups in total. The summed E-state index contributed by atoms with van der Waals surface area (Å²) in [5, 5.41) is 0.0407. The average Bonchev–Trinajstić information content (AvgIpc) is 2.66. The van der Waals surface area contributed by atoms with Crippen molar-refractivity contribution in [2.45, 2.75) is 71.1 Å². The first kappa shape index (κ1) is 19.7. The van der Waals surface area contributed by atoms with Gasteiger partial charge in [0.2, 0.25) is 0 Å². The van der Waals surface area contributed by atoms with E-state index in [1.807, 2.05) is 0 Å². The second-order valence-corrected chi connectivity index (χ2v) is 8.59. The van der Waals surface area contributed by atoms with Gasteiger partial charge in [0, 0.05) is 6.07 Å². The Morgan fingerprint density at radius 3 is 2.27 bits per heavy atom. The van der Waals surface area contributed by atoms with E-state index in [9.17, 15) is 9.18 Å². The molecule has 144 valence electrons. The van der Waals surface area contributed by atoms with Gasteiger partial charge < -0.3 is 4.74 Å². The lowest BCUT2D eigenvalue weighted by atomic mass is 9.69. The molecule has 0 saturated heterocycles. The van der Waals surface area contributed by atoms with Crippen LogP contribution >= 0.6 is 11.6 Å². The first-order chi connectivity index (χ1) is 12.6. The molecule has 0 aromatic heterocycles. The number of hydrogen-bond acceptors (Lipinski definition) is 2. The fourth-order valence-corrected chi connectivity index (χ4v) is 5.04. The third-order valence-corrected chi connectivity index (χ3v) is 6.78. The Labute approximate surface area is 161 Å². The van der Waals surface area contributed by atoms with Gasteiger partial charge in [0.05, 0.1) is 10.9 Å². The largest absolute Gasteiger partial charge is 0.426 e. The molecular weight excluding hydrogens is 351 g/mol. The molecule has 0 aliphatic heterocycles. The molecule has 1 aromatic rings. The Balaban J connectivity index is 1.44. The molecule has 2 fully saturated rings. The highest BCUT2D eigenvalue weighted by Gasteiger charge is 2.33. The number of carbonyl (C=O) groups excluding carboxylic acids is 1. The van der Waals surface area contributed by atoms with Gasteiger partial charge in [-0.2, -0.15) is 0 Å². The van der Waals surface area contributed by atoms with E-state index in [4.69, 9.17) is 16.3 Å². The van der Waals surface area contributed by atoms with Crippen molar-refractivity contribution in [1.82, 2.24) is 0 Å². The minimum Gasteiger partial charge on any atom is -0.426 e. The molecule has 4 heteroatoms. The van der Waals surface area contributed by atoms with Crippen LogP contribution in [0.2, 0.25) is 5.02 Å². The number of ether oxygens (including phenoxy) is 1. The van der Waals surface area contributed by atoms with Crippen molar-refractivity contribution < 1.29 is 13.9 Å². The minimum absolute atomic E-state index is 0.0407. The lowest BCUT2D eigenvalue weighted by Gasteiger charge is -2.37. The van der Waals surface area contributed by atoms with E-state index in [0.29, 0.717) is 0 Å². The lowest BCUT2D eigenvalue weighted by Crippen LogP contribution is -2.30. The number of esters is 1. The van der Waals surface area contributed by atoms with E-state index in [0.717, 1.165) is 43.4 Å². The van der Waals surface area contributed by atoms with Crippen molar-refractivity contribution in [3.8, 4) is 5.75 Å². The van der Waals surface area contributed by atoms with Gasteiger partial charge >= 0.3 is 5.97 Å². The van der Waals surface area contributed by atoms with Gasteiger partial charge in [0.25, 0.3) is 0 Å². The van der Waals surface area contributed by atoms with E-state index < -0.39 is 5.82 Å². The maximum Gasteiger partial charge on any atom is 0.314 e. The zero-order chi connectivity index (χ0) is 18.5. The van der Waals surface area contributed by atoms with Crippen LogP contribution in [-0.2, 0) is 4.79 Å². The number of benzene rings is 1. The van der Waals surface area contributed by atoms with E-state index >= 15 is 0 Å². The van der Waals surface area contributed by atoms with Crippen LogP contribution in [0.4, 0.5) is 4.39 Å². The van der Waals surface area contributed by atoms with Gasteiger partial charge in [-0.15, -0.1) is 0 Å². The monoisotopic (exact) mass is 380 g/mol. The SMILES string of the molecule is CCC[C@H]1CC[C@H](C2CCC(C(=O)Oc3ccc(Cl)c(F)c3)CC2)CC1. The molecule has 0 spiro atoms. The molecule has 2 nitrogen and oxygen atoms in total. The number of halogens is 2. The molecule has 2 aliphatic carbocycles. The molecule has 0 unspecified atom stereocenters.